The Kier molecular flexibility index (Phi) is 4.50. The second-order valence-corrected chi connectivity index (χ2v) is 4.48. The van der Waals surface area contributed by atoms with Crippen LogP contribution in [0.5, 0.6) is 0 Å². The van der Waals surface area contributed by atoms with Gasteiger partial charge in [-0.3, -0.25) is 0 Å². The van der Waals surface area contributed by atoms with E-state index in [4.69, 9.17) is 0 Å². The van der Waals surface area contributed by atoms with Crippen LogP contribution in [0.2, 0.25) is 0 Å². The van der Waals surface area contributed by atoms with Crippen molar-refractivity contribution in [3.63, 3.8) is 0 Å². The molecule has 1 aliphatic rings. The van der Waals surface area contributed by atoms with E-state index in [0.29, 0.717) is 10.0 Å². The molecule has 1 aromatic rings. The van der Waals surface area contributed by atoms with Crippen LogP contribution in [-0.4, -0.2) is 12.7 Å². The van der Waals surface area contributed by atoms with E-state index >= 15 is 0 Å². The molecule has 1 N–H and O–H groups in total. The fourth-order valence-corrected chi connectivity index (χ4v) is 2.05. The Bertz CT molecular complexity index is 467. The van der Waals surface area contributed by atoms with E-state index in [9.17, 15) is 18.0 Å². The SMILES string of the molecule is Cl.O=C1N[C@H](c2cc(Br)cc(C(F)(F)F)c2)CO1. The minimum absolute atomic E-state index is 0. The molecule has 0 aromatic heterocycles. The molecular weight excluding hydrogens is 338 g/mol. The number of benzene rings is 1. The molecule has 2 rings (SSSR count). The molecule has 0 saturated carbocycles. The lowest BCUT2D eigenvalue weighted by Gasteiger charge is -2.12. The zero-order valence-electron chi connectivity index (χ0n) is 8.75. The van der Waals surface area contributed by atoms with Crippen molar-refractivity contribution >= 4 is 34.4 Å². The molecule has 3 nitrogen and oxygen atoms in total. The van der Waals surface area contributed by atoms with E-state index in [2.05, 4.69) is 26.0 Å². The maximum atomic E-state index is 12.6. The third-order valence-electron chi connectivity index (χ3n) is 2.32. The van der Waals surface area contributed by atoms with Gasteiger partial charge in [0.1, 0.15) is 6.61 Å². The van der Waals surface area contributed by atoms with Crippen LogP contribution in [-0.2, 0) is 10.9 Å². The predicted molar refractivity (Wildman–Crippen MR) is 63.6 cm³/mol. The van der Waals surface area contributed by atoms with Gasteiger partial charge in [-0.25, -0.2) is 4.79 Å². The lowest BCUT2D eigenvalue weighted by atomic mass is 10.0. The molecule has 8 heteroatoms. The first kappa shape index (κ1) is 15.1. The van der Waals surface area contributed by atoms with Gasteiger partial charge in [-0.2, -0.15) is 13.2 Å². The summed E-state index contributed by atoms with van der Waals surface area (Å²) in [6.45, 7) is 0.0343. The van der Waals surface area contributed by atoms with Crippen LogP contribution in [0.1, 0.15) is 17.2 Å². The van der Waals surface area contributed by atoms with Crippen LogP contribution in [0.3, 0.4) is 0 Å². The van der Waals surface area contributed by atoms with Crippen molar-refractivity contribution in [3.05, 3.63) is 33.8 Å². The topological polar surface area (TPSA) is 38.3 Å². The number of carbonyl (C=O) groups excluding carboxylic acids is 1. The summed E-state index contributed by atoms with van der Waals surface area (Å²) in [5, 5.41) is 2.43. The van der Waals surface area contributed by atoms with Gasteiger partial charge in [0, 0.05) is 4.47 Å². The summed E-state index contributed by atoms with van der Waals surface area (Å²) in [6, 6.07) is 2.97. The van der Waals surface area contributed by atoms with Crippen LogP contribution in [0.4, 0.5) is 18.0 Å². The quantitative estimate of drug-likeness (QED) is 0.842. The molecule has 1 amide bonds. The molecule has 0 unspecified atom stereocenters. The van der Waals surface area contributed by atoms with Gasteiger partial charge in [-0.05, 0) is 23.8 Å². The highest BCUT2D eigenvalue weighted by atomic mass is 79.9. The molecule has 1 heterocycles. The predicted octanol–water partition coefficient (Wildman–Crippen LogP) is 3.67. The van der Waals surface area contributed by atoms with Gasteiger partial charge >= 0.3 is 12.3 Å². The van der Waals surface area contributed by atoms with E-state index in [1.807, 2.05) is 0 Å². The molecule has 1 atom stereocenters. The molecule has 0 aliphatic carbocycles. The maximum absolute atomic E-state index is 12.6. The molecule has 1 saturated heterocycles. The summed E-state index contributed by atoms with van der Waals surface area (Å²) in [4.78, 5) is 10.8. The highest BCUT2D eigenvalue weighted by Gasteiger charge is 2.33. The number of alkyl halides is 3. The summed E-state index contributed by atoms with van der Waals surface area (Å²) in [7, 11) is 0. The van der Waals surface area contributed by atoms with Crippen LogP contribution < -0.4 is 5.32 Å². The van der Waals surface area contributed by atoms with Crippen LogP contribution in [0.15, 0.2) is 22.7 Å². The molecule has 18 heavy (non-hydrogen) atoms. The minimum atomic E-state index is -4.41. The van der Waals surface area contributed by atoms with E-state index in [0.717, 1.165) is 12.1 Å². The number of hydrogen-bond donors (Lipinski definition) is 1. The zero-order valence-corrected chi connectivity index (χ0v) is 11.2. The van der Waals surface area contributed by atoms with Crippen molar-refractivity contribution in [2.24, 2.45) is 0 Å². The number of ether oxygens (including phenoxy) is 1. The number of hydrogen-bond acceptors (Lipinski definition) is 2. The second-order valence-electron chi connectivity index (χ2n) is 3.57. The molecule has 1 aromatic carbocycles. The Hall–Kier alpha value is -0.950. The van der Waals surface area contributed by atoms with Crippen molar-refractivity contribution in [3.8, 4) is 0 Å². The van der Waals surface area contributed by atoms with Crippen molar-refractivity contribution in [1.29, 1.82) is 0 Å². The number of carbonyl (C=O) groups is 1. The number of cyclic esters (lactones) is 1. The van der Waals surface area contributed by atoms with Gasteiger partial charge in [0.15, 0.2) is 0 Å². The number of rotatable bonds is 1. The summed E-state index contributed by atoms with van der Waals surface area (Å²) >= 11 is 3.01. The highest BCUT2D eigenvalue weighted by molar-refractivity contribution is 9.10. The van der Waals surface area contributed by atoms with Gasteiger partial charge in [-0.15, -0.1) is 12.4 Å². The third-order valence-corrected chi connectivity index (χ3v) is 2.78. The van der Waals surface area contributed by atoms with Crippen molar-refractivity contribution < 1.29 is 22.7 Å². The molecule has 1 fully saturated rings. The van der Waals surface area contributed by atoms with E-state index in [-0.39, 0.29) is 19.0 Å². The Morgan fingerprint density at radius 2 is 2.00 bits per heavy atom. The van der Waals surface area contributed by atoms with Crippen molar-refractivity contribution in [2.75, 3.05) is 6.61 Å². The largest absolute Gasteiger partial charge is 0.447 e. The monoisotopic (exact) mass is 345 g/mol. The van der Waals surface area contributed by atoms with E-state index < -0.39 is 23.9 Å². The molecule has 0 bridgehead atoms. The van der Waals surface area contributed by atoms with Gasteiger partial charge in [0.05, 0.1) is 11.6 Å². The lowest BCUT2D eigenvalue weighted by Crippen LogP contribution is -2.19. The zero-order chi connectivity index (χ0) is 12.6. The lowest BCUT2D eigenvalue weighted by molar-refractivity contribution is -0.137. The smallest absolute Gasteiger partial charge is 0.416 e. The fraction of sp³-hybridized carbons (Fsp3) is 0.300. The summed E-state index contributed by atoms with van der Waals surface area (Å²) in [5.41, 5.74) is -0.402. The standard InChI is InChI=1S/C10H7BrF3NO2.ClH/c11-7-2-5(8-4-17-9(16)15-8)1-6(3-7)10(12,13)14;/h1-3,8H,4H2,(H,15,16);1H/t8-;/m0./s1. The van der Waals surface area contributed by atoms with Gasteiger partial charge in [0.25, 0.3) is 0 Å². The summed E-state index contributed by atoms with van der Waals surface area (Å²) in [6.07, 6.45) is -5.04. The number of halogens is 5. The van der Waals surface area contributed by atoms with Crippen LogP contribution >= 0.6 is 28.3 Å². The van der Waals surface area contributed by atoms with Crippen molar-refractivity contribution in [1.82, 2.24) is 5.32 Å². The van der Waals surface area contributed by atoms with Gasteiger partial charge < -0.3 is 10.1 Å². The first-order chi connectivity index (χ1) is 7.86. The second kappa shape index (κ2) is 5.36. The Morgan fingerprint density at radius 3 is 2.50 bits per heavy atom. The normalized spacial score (nSPS) is 18.9. The fourth-order valence-electron chi connectivity index (χ4n) is 1.54. The Morgan fingerprint density at radius 1 is 1.33 bits per heavy atom. The number of amides is 1. The van der Waals surface area contributed by atoms with Gasteiger partial charge in [-0.1, -0.05) is 15.9 Å². The summed E-state index contributed by atoms with van der Waals surface area (Å²) in [5.74, 6) is 0. The molecule has 0 radical (unpaired) electrons. The Balaban J connectivity index is 0.00000162. The molecule has 100 valence electrons. The highest BCUT2D eigenvalue weighted by Crippen LogP contribution is 2.33. The maximum Gasteiger partial charge on any atom is 0.416 e. The molecule has 0 spiro atoms. The average molecular weight is 347 g/mol. The number of alkyl carbamates (subject to hydrolysis) is 1. The average Bonchev–Trinajstić information content (AvgIpc) is 2.62. The molecule has 1 aliphatic heterocycles. The first-order valence-electron chi connectivity index (χ1n) is 4.67. The van der Waals surface area contributed by atoms with E-state index in [1.54, 1.807) is 0 Å². The minimum Gasteiger partial charge on any atom is -0.447 e. The van der Waals surface area contributed by atoms with Crippen LogP contribution in [0, 0.1) is 0 Å². The Labute approximate surface area is 115 Å². The van der Waals surface area contributed by atoms with Gasteiger partial charge in [0.2, 0.25) is 0 Å². The number of nitrogens with one attached hydrogen (secondary N) is 1. The van der Waals surface area contributed by atoms with Crippen molar-refractivity contribution in [2.45, 2.75) is 12.2 Å². The summed E-state index contributed by atoms with van der Waals surface area (Å²) < 4.78 is 42.7. The first-order valence-corrected chi connectivity index (χ1v) is 5.46. The molecular formula is C10H8BrClF3NO2. The third kappa shape index (κ3) is 3.29. The van der Waals surface area contributed by atoms with Crippen LogP contribution in [0.25, 0.3) is 0 Å². The van der Waals surface area contributed by atoms with E-state index in [1.165, 1.54) is 6.07 Å².